The molecule has 152 valence electrons. The minimum atomic E-state index is -0.531. The molecule has 3 aromatic rings. The second kappa shape index (κ2) is 7.71. The van der Waals surface area contributed by atoms with E-state index in [9.17, 15) is 9.90 Å². The quantitative estimate of drug-likeness (QED) is 0.640. The summed E-state index contributed by atoms with van der Waals surface area (Å²) >= 11 is 0. The second-order valence-corrected chi connectivity index (χ2v) is 7.81. The molecule has 4 rings (SSSR count). The van der Waals surface area contributed by atoms with Crippen molar-refractivity contribution in [2.75, 3.05) is 26.1 Å². The van der Waals surface area contributed by atoms with Gasteiger partial charge in [0.1, 0.15) is 11.3 Å². The van der Waals surface area contributed by atoms with E-state index in [1.807, 2.05) is 44.4 Å². The minimum Gasteiger partial charge on any atom is -0.507 e. The van der Waals surface area contributed by atoms with Crippen LogP contribution >= 0.6 is 0 Å². The molecule has 0 fully saturated rings. The number of hydrogen-bond acceptors (Lipinski definition) is 4. The molecule has 1 aliphatic carbocycles. The number of rotatable bonds is 4. The second-order valence-electron chi connectivity index (χ2n) is 7.81. The number of anilines is 1. The van der Waals surface area contributed by atoms with Crippen molar-refractivity contribution in [1.82, 2.24) is 0 Å². The van der Waals surface area contributed by atoms with Crippen LogP contribution in [0.3, 0.4) is 0 Å². The van der Waals surface area contributed by atoms with Gasteiger partial charge in [0, 0.05) is 25.2 Å². The lowest BCUT2D eigenvalue weighted by Gasteiger charge is -2.36. The molecule has 4 nitrogen and oxygen atoms in total. The molecule has 30 heavy (non-hydrogen) atoms. The summed E-state index contributed by atoms with van der Waals surface area (Å²) in [5, 5.41) is 10.3. The molecule has 0 saturated carbocycles. The number of fused-ring (bicyclic) bond motifs is 1. The van der Waals surface area contributed by atoms with Crippen LogP contribution < -0.4 is 4.90 Å². The fourth-order valence-corrected chi connectivity index (χ4v) is 4.25. The van der Waals surface area contributed by atoms with E-state index in [0.717, 1.165) is 16.8 Å². The zero-order chi connectivity index (χ0) is 21.3. The third-order valence-electron chi connectivity index (χ3n) is 5.89. The molecule has 1 atom stereocenters. The highest BCUT2D eigenvalue weighted by Gasteiger charge is 2.36. The summed E-state index contributed by atoms with van der Waals surface area (Å²) in [6.45, 7) is 0. The first-order valence-corrected chi connectivity index (χ1v) is 9.92. The summed E-state index contributed by atoms with van der Waals surface area (Å²) in [6, 6.07) is 22.4. The standard InChI is InChI=1S/C26H25NO3/c1-27(2)21-12-10-20(11-13-21)26(19-7-5-4-6-8-19)16-15-22-18(17-26)9-14-23(28)24(22)25(29)30-3/h4-16,28H,17H2,1-3H3. The number of phenols is 1. The van der Waals surface area contributed by atoms with Crippen molar-refractivity contribution in [3.05, 3.63) is 101 Å². The van der Waals surface area contributed by atoms with E-state index in [4.69, 9.17) is 4.74 Å². The van der Waals surface area contributed by atoms with Crippen molar-refractivity contribution >= 4 is 17.7 Å². The third kappa shape index (κ3) is 3.24. The van der Waals surface area contributed by atoms with Gasteiger partial charge in [-0.15, -0.1) is 0 Å². The van der Waals surface area contributed by atoms with E-state index in [2.05, 4.69) is 47.4 Å². The van der Waals surface area contributed by atoms with Gasteiger partial charge in [-0.1, -0.05) is 60.7 Å². The van der Waals surface area contributed by atoms with E-state index >= 15 is 0 Å². The molecular weight excluding hydrogens is 374 g/mol. The number of aromatic hydroxyl groups is 1. The van der Waals surface area contributed by atoms with Crippen LogP contribution in [0.2, 0.25) is 0 Å². The SMILES string of the molecule is COC(=O)c1c(O)ccc2c1C=CC(c1ccccc1)(c1ccc(N(C)C)cc1)C2. The lowest BCUT2D eigenvalue weighted by atomic mass is 9.67. The molecule has 0 radical (unpaired) electrons. The van der Waals surface area contributed by atoms with Crippen molar-refractivity contribution < 1.29 is 14.6 Å². The van der Waals surface area contributed by atoms with Crippen LogP contribution in [0.25, 0.3) is 6.08 Å². The van der Waals surface area contributed by atoms with Gasteiger partial charge < -0.3 is 14.7 Å². The fraction of sp³-hybridized carbons (Fsp3) is 0.192. The average Bonchev–Trinajstić information content (AvgIpc) is 2.79. The van der Waals surface area contributed by atoms with Crippen molar-refractivity contribution in [3.63, 3.8) is 0 Å². The maximum atomic E-state index is 12.3. The zero-order valence-electron chi connectivity index (χ0n) is 17.4. The number of hydrogen-bond donors (Lipinski definition) is 1. The Bertz CT molecular complexity index is 1100. The lowest BCUT2D eigenvalue weighted by Crippen LogP contribution is -2.31. The van der Waals surface area contributed by atoms with Gasteiger partial charge in [0.25, 0.3) is 0 Å². The van der Waals surface area contributed by atoms with E-state index in [1.165, 1.54) is 18.2 Å². The van der Waals surface area contributed by atoms with Crippen LogP contribution in [0.5, 0.6) is 5.75 Å². The molecule has 4 heteroatoms. The highest BCUT2D eigenvalue weighted by atomic mass is 16.5. The first-order valence-electron chi connectivity index (χ1n) is 9.92. The first-order chi connectivity index (χ1) is 14.5. The molecule has 0 aliphatic heterocycles. The van der Waals surface area contributed by atoms with E-state index in [0.29, 0.717) is 6.42 Å². The molecule has 1 aliphatic rings. The predicted octanol–water partition coefficient (Wildman–Crippen LogP) is 4.80. The predicted molar refractivity (Wildman–Crippen MR) is 120 cm³/mol. The number of nitrogens with zero attached hydrogens (tertiary/aromatic N) is 1. The Kier molecular flexibility index (Phi) is 5.08. The van der Waals surface area contributed by atoms with Crippen molar-refractivity contribution in [1.29, 1.82) is 0 Å². The fourth-order valence-electron chi connectivity index (χ4n) is 4.25. The number of benzene rings is 3. The van der Waals surface area contributed by atoms with Crippen LogP contribution in [0.4, 0.5) is 5.69 Å². The maximum absolute atomic E-state index is 12.3. The molecule has 0 bridgehead atoms. The van der Waals surface area contributed by atoms with E-state index in [-0.39, 0.29) is 16.7 Å². The number of carbonyl (C=O) groups is 1. The molecule has 0 saturated heterocycles. The van der Waals surface area contributed by atoms with Gasteiger partial charge >= 0.3 is 5.97 Å². The largest absolute Gasteiger partial charge is 0.507 e. The Labute approximate surface area is 177 Å². The summed E-state index contributed by atoms with van der Waals surface area (Å²) < 4.78 is 4.90. The number of phenolic OH excluding ortho intramolecular Hbond substituents is 1. The maximum Gasteiger partial charge on any atom is 0.342 e. The average molecular weight is 399 g/mol. The molecule has 0 amide bonds. The summed E-state index contributed by atoms with van der Waals surface area (Å²) in [5.41, 5.74) is 5.06. The zero-order valence-corrected chi connectivity index (χ0v) is 17.4. The molecule has 0 aromatic heterocycles. The molecule has 3 aromatic carbocycles. The van der Waals surface area contributed by atoms with Crippen LogP contribution in [0, 0.1) is 0 Å². The Morgan fingerprint density at radius 2 is 1.63 bits per heavy atom. The molecule has 1 unspecified atom stereocenters. The highest BCUT2D eigenvalue weighted by molar-refractivity contribution is 5.97. The van der Waals surface area contributed by atoms with Gasteiger partial charge in [-0.2, -0.15) is 0 Å². The van der Waals surface area contributed by atoms with Crippen molar-refractivity contribution in [3.8, 4) is 5.75 Å². The van der Waals surface area contributed by atoms with Crippen molar-refractivity contribution in [2.24, 2.45) is 0 Å². The van der Waals surface area contributed by atoms with E-state index < -0.39 is 5.97 Å². The number of methoxy groups -OCH3 is 1. The number of esters is 1. The van der Waals surface area contributed by atoms with Gasteiger partial charge in [0.05, 0.1) is 7.11 Å². The van der Waals surface area contributed by atoms with E-state index in [1.54, 1.807) is 6.07 Å². The van der Waals surface area contributed by atoms with Crippen LogP contribution in [-0.4, -0.2) is 32.3 Å². The summed E-state index contributed by atoms with van der Waals surface area (Å²) in [7, 11) is 5.38. The number of carbonyl (C=O) groups excluding carboxylic acids is 1. The van der Waals surface area contributed by atoms with Gasteiger partial charge in [-0.05, 0) is 46.9 Å². The number of allylic oxidation sites excluding steroid dienone is 1. The summed E-state index contributed by atoms with van der Waals surface area (Å²) in [4.78, 5) is 14.4. The summed E-state index contributed by atoms with van der Waals surface area (Å²) in [5.74, 6) is -0.593. The monoisotopic (exact) mass is 399 g/mol. The van der Waals surface area contributed by atoms with Crippen LogP contribution in [0.15, 0.2) is 72.8 Å². The highest BCUT2D eigenvalue weighted by Crippen LogP contribution is 2.43. The topological polar surface area (TPSA) is 49.8 Å². The summed E-state index contributed by atoms with van der Waals surface area (Å²) in [6.07, 6.45) is 4.76. The number of ether oxygens (including phenoxy) is 1. The van der Waals surface area contributed by atoms with Gasteiger partial charge in [0.2, 0.25) is 0 Å². The lowest BCUT2D eigenvalue weighted by molar-refractivity contribution is 0.0597. The normalized spacial score (nSPS) is 17.3. The Morgan fingerprint density at radius 3 is 2.27 bits per heavy atom. The third-order valence-corrected chi connectivity index (χ3v) is 5.89. The van der Waals surface area contributed by atoms with Gasteiger partial charge in [-0.25, -0.2) is 4.79 Å². The smallest absolute Gasteiger partial charge is 0.342 e. The molecule has 0 heterocycles. The Hall–Kier alpha value is -3.53. The van der Waals surface area contributed by atoms with Crippen LogP contribution in [0.1, 0.15) is 32.6 Å². The Balaban J connectivity index is 1.89. The Morgan fingerprint density at radius 1 is 0.967 bits per heavy atom. The van der Waals surface area contributed by atoms with Crippen LogP contribution in [-0.2, 0) is 16.6 Å². The molecular formula is C26H25NO3. The van der Waals surface area contributed by atoms with Gasteiger partial charge in [0.15, 0.2) is 0 Å². The minimum absolute atomic E-state index is 0.0622. The molecule has 0 spiro atoms. The van der Waals surface area contributed by atoms with Gasteiger partial charge in [-0.3, -0.25) is 0 Å². The van der Waals surface area contributed by atoms with Crippen molar-refractivity contribution in [2.45, 2.75) is 11.8 Å². The molecule has 1 N–H and O–H groups in total. The first kappa shape index (κ1) is 19.8.